The molecule has 74 valence electrons. The molecule has 0 aliphatic carbocycles. The summed E-state index contributed by atoms with van der Waals surface area (Å²) in [7, 11) is 0. The van der Waals surface area contributed by atoms with Gasteiger partial charge >= 0.3 is 0 Å². The molecule has 0 spiro atoms. The van der Waals surface area contributed by atoms with Crippen molar-refractivity contribution in [3.8, 4) is 5.75 Å². The Morgan fingerprint density at radius 1 is 1.57 bits per heavy atom. The van der Waals surface area contributed by atoms with Gasteiger partial charge in [0.1, 0.15) is 12.4 Å². The Kier molecular flexibility index (Phi) is 3.89. The second-order valence-corrected chi connectivity index (χ2v) is 3.77. The maximum absolute atomic E-state index is 10.8. The number of hydrogen-bond acceptors (Lipinski definition) is 2. The molecule has 0 aromatic heterocycles. The highest BCUT2D eigenvalue weighted by Crippen LogP contribution is 2.26. The van der Waals surface area contributed by atoms with Crippen LogP contribution in [0.25, 0.3) is 0 Å². The van der Waals surface area contributed by atoms with Gasteiger partial charge in [0.15, 0.2) is 6.29 Å². The van der Waals surface area contributed by atoms with Gasteiger partial charge in [0.25, 0.3) is 0 Å². The highest BCUT2D eigenvalue weighted by atomic mass is 79.9. The summed E-state index contributed by atoms with van der Waals surface area (Å²) in [6, 6.07) is 3.64. The molecule has 0 radical (unpaired) electrons. The minimum absolute atomic E-state index is 0.406. The molecule has 0 N–H and O–H groups in total. The number of carbonyl (C=O) groups excluding carboxylic acids is 1. The van der Waals surface area contributed by atoms with Crippen LogP contribution < -0.4 is 4.74 Å². The Hall–Kier alpha value is -1.09. The number of carbonyl (C=O) groups is 1. The van der Waals surface area contributed by atoms with Crippen molar-refractivity contribution in [2.75, 3.05) is 6.61 Å². The van der Waals surface area contributed by atoms with E-state index < -0.39 is 0 Å². The number of rotatable bonds is 4. The molecule has 0 bridgehead atoms. The van der Waals surface area contributed by atoms with Crippen LogP contribution in [0.15, 0.2) is 29.3 Å². The second-order valence-electron chi connectivity index (χ2n) is 2.86. The van der Waals surface area contributed by atoms with Crippen LogP contribution in [0.2, 0.25) is 0 Å². The largest absolute Gasteiger partial charge is 0.489 e. The summed E-state index contributed by atoms with van der Waals surface area (Å²) in [4.78, 5) is 10.8. The van der Waals surface area contributed by atoms with Crippen molar-refractivity contribution in [3.63, 3.8) is 0 Å². The minimum atomic E-state index is 0.406. The molecule has 0 fully saturated rings. The lowest BCUT2D eigenvalue weighted by Crippen LogP contribution is -1.99. The monoisotopic (exact) mass is 254 g/mol. The van der Waals surface area contributed by atoms with Gasteiger partial charge < -0.3 is 4.74 Å². The SMILES string of the molecule is C=CCOc1c(C)cc(Br)cc1C=O. The molecule has 0 aliphatic heterocycles. The fraction of sp³-hybridized carbons (Fsp3) is 0.182. The first kappa shape index (κ1) is 11.0. The summed E-state index contributed by atoms with van der Waals surface area (Å²) >= 11 is 3.32. The quantitative estimate of drug-likeness (QED) is 0.610. The highest BCUT2D eigenvalue weighted by molar-refractivity contribution is 9.10. The van der Waals surface area contributed by atoms with Gasteiger partial charge in [-0.3, -0.25) is 4.79 Å². The molecule has 0 aliphatic rings. The Balaban J connectivity index is 3.11. The van der Waals surface area contributed by atoms with Gasteiger partial charge in [-0.25, -0.2) is 0 Å². The molecule has 0 saturated heterocycles. The maximum atomic E-state index is 10.8. The molecular formula is C11H11BrO2. The highest BCUT2D eigenvalue weighted by Gasteiger charge is 2.07. The normalized spacial score (nSPS) is 9.57. The minimum Gasteiger partial charge on any atom is -0.489 e. The molecule has 1 aromatic rings. The lowest BCUT2D eigenvalue weighted by Gasteiger charge is -2.09. The van der Waals surface area contributed by atoms with E-state index in [-0.39, 0.29) is 0 Å². The predicted molar refractivity (Wildman–Crippen MR) is 60.0 cm³/mol. The second kappa shape index (κ2) is 4.96. The van der Waals surface area contributed by atoms with Crippen LogP contribution in [-0.2, 0) is 0 Å². The maximum Gasteiger partial charge on any atom is 0.153 e. The number of benzene rings is 1. The first-order valence-corrected chi connectivity index (χ1v) is 4.97. The molecule has 0 amide bonds. The number of halogens is 1. The van der Waals surface area contributed by atoms with Crippen molar-refractivity contribution in [3.05, 3.63) is 40.4 Å². The van der Waals surface area contributed by atoms with Crippen LogP contribution in [0.1, 0.15) is 15.9 Å². The van der Waals surface area contributed by atoms with E-state index in [1.165, 1.54) is 0 Å². The molecule has 14 heavy (non-hydrogen) atoms. The van der Waals surface area contributed by atoms with E-state index in [0.717, 1.165) is 16.3 Å². The molecular weight excluding hydrogens is 244 g/mol. The van der Waals surface area contributed by atoms with Crippen molar-refractivity contribution < 1.29 is 9.53 Å². The predicted octanol–water partition coefficient (Wildman–Crippen LogP) is 3.13. The third-order valence-electron chi connectivity index (χ3n) is 1.74. The Morgan fingerprint density at radius 3 is 2.86 bits per heavy atom. The van der Waals surface area contributed by atoms with Crippen LogP contribution in [0.5, 0.6) is 5.75 Å². The van der Waals surface area contributed by atoms with E-state index in [2.05, 4.69) is 22.5 Å². The van der Waals surface area contributed by atoms with Gasteiger partial charge in [0, 0.05) is 4.47 Å². The molecule has 0 unspecified atom stereocenters. The summed E-state index contributed by atoms with van der Waals surface area (Å²) in [5.41, 5.74) is 1.49. The zero-order valence-electron chi connectivity index (χ0n) is 7.92. The lowest BCUT2D eigenvalue weighted by molar-refractivity contribution is 0.112. The van der Waals surface area contributed by atoms with E-state index in [1.807, 2.05) is 13.0 Å². The molecule has 0 heterocycles. The van der Waals surface area contributed by atoms with Crippen LogP contribution in [0, 0.1) is 6.92 Å². The first-order valence-electron chi connectivity index (χ1n) is 4.18. The topological polar surface area (TPSA) is 26.3 Å². The average molecular weight is 255 g/mol. The van der Waals surface area contributed by atoms with Crippen molar-refractivity contribution in [2.45, 2.75) is 6.92 Å². The molecule has 1 aromatic carbocycles. The molecule has 1 rings (SSSR count). The summed E-state index contributed by atoms with van der Waals surface area (Å²) in [6.07, 6.45) is 2.44. The standard InChI is InChI=1S/C11H11BrO2/c1-3-4-14-11-8(2)5-10(12)6-9(11)7-13/h3,5-7H,1,4H2,2H3. The van der Waals surface area contributed by atoms with Gasteiger partial charge in [-0.1, -0.05) is 28.6 Å². The van der Waals surface area contributed by atoms with Crippen molar-refractivity contribution in [2.24, 2.45) is 0 Å². The smallest absolute Gasteiger partial charge is 0.153 e. The molecule has 0 saturated carbocycles. The third kappa shape index (κ3) is 2.45. The van der Waals surface area contributed by atoms with E-state index in [9.17, 15) is 4.79 Å². The van der Waals surface area contributed by atoms with E-state index >= 15 is 0 Å². The van der Waals surface area contributed by atoms with Gasteiger partial charge in [0.2, 0.25) is 0 Å². The molecule has 0 atom stereocenters. The third-order valence-corrected chi connectivity index (χ3v) is 2.20. The lowest BCUT2D eigenvalue weighted by atomic mass is 10.1. The number of aryl methyl sites for hydroxylation is 1. The van der Waals surface area contributed by atoms with Gasteiger partial charge in [-0.05, 0) is 24.6 Å². The van der Waals surface area contributed by atoms with E-state index in [0.29, 0.717) is 17.9 Å². The van der Waals surface area contributed by atoms with Crippen LogP contribution >= 0.6 is 15.9 Å². The zero-order valence-corrected chi connectivity index (χ0v) is 9.50. The summed E-state index contributed by atoms with van der Waals surface area (Å²) in [6.45, 7) is 5.86. The fourth-order valence-electron chi connectivity index (χ4n) is 1.18. The number of aldehydes is 1. The summed E-state index contributed by atoms with van der Waals surface area (Å²) in [5.74, 6) is 0.628. The van der Waals surface area contributed by atoms with Crippen LogP contribution in [-0.4, -0.2) is 12.9 Å². The summed E-state index contributed by atoms with van der Waals surface area (Å²) < 4.78 is 6.27. The van der Waals surface area contributed by atoms with Crippen molar-refractivity contribution >= 4 is 22.2 Å². The number of hydrogen-bond donors (Lipinski definition) is 0. The van der Waals surface area contributed by atoms with Crippen molar-refractivity contribution in [1.29, 1.82) is 0 Å². The summed E-state index contributed by atoms with van der Waals surface area (Å²) in [5, 5.41) is 0. The van der Waals surface area contributed by atoms with Crippen LogP contribution in [0.3, 0.4) is 0 Å². The van der Waals surface area contributed by atoms with Gasteiger partial charge in [-0.2, -0.15) is 0 Å². The number of ether oxygens (including phenoxy) is 1. The Morgan fingerprint density at radius 2 is 2.29 bits per heavy atom. The molecule has 3 heteroatoms. The Bertz CT molecular complexity index is 359. The van der Waals surface area contributed by atoms with Crippen molar-refractivity contribution in [1.82, 2.24) is 0 Å². The average Bonchev–Trinajstić information content (AvgIpc) is 2.15. The van der Waals surface area contributed by atoms with E-state index in [4.69, 9.17) is 4.74 Å². The van der Waals surface area contributed by atoms with Gasteiger partial charge in [-0.15, -0.1) is 0 Å². The first-order chi connectivity index (χ1) is 6.69. The Labute approximate surface area is 91.7 Å². The van der Waals surface area contributed by atoms with E-state index in [1.54, 1.807) is 12.1 Å². The fourth-order valence-corrected chi connectivity index (χ4v) is 1.77. The van der Waals surface area contributed by atoms with Crippen LogP contribution in [0.4, 0.5) is 0 Å². The zero-order chi connectivity index (χ0) is 10.6. The van der Waals surface area contributed by atoms with Gasteiger partial charge in [0.05, 0.1) is 5.56 Å². The molecule has 2 nitrogen and oxygen atoms in total.